The zero-order valence-electron chi connectivity index (χ0n) is 40.7. The van der Waals surface area contributed by atoms with Crippen molar-refractivity contribution in [3.8, 4) is 0 Å². The van der Waals surface area contributed by atoms with Gasteiger partial charge in [-0.3, -0.25) is 9.59 Å². The molecule has 0 aliphatic rings. The van der Waals surface area contributed by atoms with E-state index in [0.717, 1.165) is 77.0 Å². The summed E-state index contributed by atoms with van der Waals surface area (Å²) in [5.41, 5.74) is 0. The maximum atomic E-state index is 13.2. The first-order valence-corrected chi connectivity index (χ1v) is 26.2. The second kappa shape index (κ2) is 49.3. The number of carbonyl (C=O) groups is 2. The smallest absolute Gasteiger partial charge is 0.306 e. The Morgan fingerprint density at radius 2 is 0.839 bits per heavy atom. The topological polar surface area (TPSA) is 95.9 Å². The maximum absolute atomic E-state index is 13.2. The van der Waals surface area contributed by atoms with Gasteiger partial charge in [-0.2, -0.15) is 0 Å². The number of nitrogens with one attached hydrogen (secondary N) is 1. The lowest BCUT2D eigenvalue weighted by atomic mass is 10.0. The lowest BCUT2D eigenvalue weighted by Crippen LogP contribution is -2.46. The van der Waals surface area contributed by atoms with E-state index >= 15 is 0 Å². The van der Waals surface area contributed by atoms with Gasteiger partial charge in [0.05, 0.1) is 25.2 Å². The van der Waals surface area contributed by atoms with Gasteiger partial charge in [0.1, 0.15) is 6.10 Å². The van der Waals surface area contributed by atoms with Gasteiger partial charge >= 0.3 is 5.97 Å². The molecule has 0 aliphatic carbocycles. The van der Waals surface area contributed by atoms with Gasteiger partial charge in [-0.15, -0.1) is 0 Å². The van der Waals surface area contributed by atoms with Crippen LogP contribution in [0.5, 0.6) is 0 Å². The number of hydrogen-bond donors (Lipinski definition) is 3. The number of aliphatic hydroxyl groups is 2. The summed E-state index contributed by atoms with van der Waals surface area (Å²) in [5, 5.41) is 23.7. The van der Waals surface area contributed by atoms with Crippen LogP contribution in [0.15, 0.2) is 72.9 Å². The number of aliphatic hydroxyl groups excluding tert-OH is 2. The van der Waals surface area contributed by atoms with Gasteiger partial charge in [0, 0.05) is 6.42 Å². The van der Waals surface area contributed by atoms with Crippen LogP contribution in [0, 0.1) is 0 Å². The Balaban J connectivity index is 4.56. The molecule has 3 N–H and O–H groups in total. The molecule has 0 heterocycles. The molecule has 0 saturated carbocycles. The molecule has 0 aromatic carbocycles. The summed E-state index contributed by atoms with van der Waals surface area (Å²) in [4.78, 5) is 26.1. The average molecular weight is 866 g/mol. The van der Waals surface area contributed by atoms with Crippen LogP contribution in [0.25, 0.3) is 0 Å². The highest BCUT2D eigenvalue weighted by Crippen LogP contribution is 2.17. The third kappa shape index (κ3) is 43.9. The zero-order valence-corrected chi connectivity index (χ0v) is 40.7. The molecule has 0 aromatic heterocycles. The molecule has 1 amide bonds. The molecule has 0 saturated heterocycles. The van der Waals surface area contributed by atoms with Gasteiger partial charge in [0.2, 0.25) is 5.91 Å². The molecular formula is C56H99NO5. The number of ether oxygens (including phenoxy) is 1. The Kier molecular flexibility index (Phi) is 47.2. The Bertz CT molecular complexity index is 1150. The number of rotatable bonds is 46. The molecule has 0 spiro atoms. The summed E-state index contributed by atoms with van der Waals surface area (Å²) < 4.78 is 5.88. The van der Waals surface area contributed by atoms with Crippen molar-refractivity contribution in [2.45, 2.75) is 264 Å². The third-order valence-corrected chi connectivity index (χ3v) is 11.6. The van der Waals surface area contributed by atoms with Crippen LogP contribution >= 0.6 is 0 Å². The number of amides is 1. The molecule has 0 bridgehead atoms. The van der Waals surface area contributed by atoms with Crippen molar-refractivity contribution in [1.29, 1.82) is 0 Å². The predicted octanol–water partition coefficient (Wildman–Crippen LogP) is 15.8. The van der Waals surface area contributed by atoms with E-state index in [-0.39, 0.29) is 31.3 Å². The van der Waals surface area contributed by atoms with Gasteiger partial charge in [-0.05, 0) is 64.2 Å². The average Bonchev–Trinajstić information content (AvgIpc) is 3.26. The van der Waals surface area contributed by atoms with Crippen molar-refractivity contribution < 1.29 is 24.5 Å². The first-order valence-electron chi connectivity index (χ1n) is 26.2. The number of esters is 1. The lowest BCUT2D eigenvalue weighted by molar-refractivity contribution is -0.150. The minimum Gasteiger partial charge on any atom is -0.462 e. The molecule has 3 atom stereocenters. The fourth-order valence-electron chi connectivity index (χ4n) is 7.63. The van der Waals surface area contributed by atoms with Crippen LogP contribution in [-0.2, 0) is 14.3 Å². The molecule has 0 fully saturated rings. The molecule has 0 aliphatic heterocycles. The second-order valence-electron chi connectivity index (χ2n) is 17.5. The molecule has 6 nitrogen and oxygen atoms in total. The summed E-state index contributed by atoms with van der Waals surface area (Å²) in [7, 11) is 0. The van der Waals surface area contributed by atoms with E-state index in [1.165, 1.54) is 116 Å². The van der Waals surface area contributed by atoms with Crippen molar-refractivity contribution in [3.63, 3.8) is 0 Å². The van der Waals surface area contributed by atoms with Gasteiger partial charge in [0.15, 0.2) is 0 Å². The predicted molar refractivity (Wildman–Crippen MR) is 268 cm³/mol. The van der Waals surface area contributed by atoms with Crippen LogP contribution in [0.4, 0.5) is 0 Å². The number of unbranched alkanes of at least 4 members (excludes halogenated alkanes) is 22. The summed E-state index contributed by atoms with van der Waals surface area (Å²) in [6.45, 7) is 6.34. The van der Waals surface area contributed by atoms with Gasteiger partial charge in [-0.25, -0.2) is 0 Å². The molecule has 0 rings (SSSR count). The molecule has 62 heavy (non-hydrogen) atoms. The zero-order chi connectivity index (χ0) is 45.2. The third-order valence-electron chi connectivity index (χ3n) is 11.6. The molecular weight excluding hydrogens is 767 g/mol. The number of carbonyl (C=O) groups excluding carboxylic acids is 2. The molecule has 358 valence electrons. The quantitative estimate of drug-likeness (QED) is 0.0322. The van der Waals surface area contributed by atoms with Crippen molar-refractivity contribution in [1.82, 2.24) is 5.32 Å². The van der Waals surface area contributed by atoms with Gasteiger partial charge in [0.25, 0.3) is 0 Å². The standard InChI is InChI=1S/C56H99NO5/c1-4-7-10-13-16-19-21-23-25-26-27-28-30-32-34-37-40-43-46-49-56(61)62-52(47-44-41-38-35-18-15-12-9-6-3)50-55(60)57-53(51-58)54(59)48-45-42-39-36-33-31-29-24-22-20-17-14-11-8-5-2/h7,10,16,19,23,25,27-28,32,34,40,43,52-54,58-59H,4-6,8-9,11-15,17-18,20-22,24,26,29-31,33,35-39,41-42,44-51H2,1-3H3,(H,57,60)/b10-7-,19-16-,25-23-,28-27-,34-32-,43-40-. The van der Waals surface area contributed by atoms with Crippen molar-refractivity contribution in [2.75, 3.05) is 6.61 Å². The van der Waals surface area contributed by atoms with Crippen LogP contribution in [0.2, 0.25) is 0 Å². The van der Waals surface area contributed by atoms with Gasteiger partial charge < -0.3 is 20.3 Å². The summed E-state index contributed by atoms with van der Waals surface area (Å²) >= 11 is 0. The van der Waals surface area contributed by atoms with E-state index in [4.69, 9.17) is 4.74 Å². The minimum atomic E-state index is -0.800. The Morgan fingerprint density at radius 1 is 0.484 bits per heavy atom. The van der Waals surface area contributed by atoms with Crippen LogP contribution in [0.1, 0.15) is 245 Å². The molecule has 3 unspecified atom stereocenters. The molecule has 0 radical (unpaired) electrons. The van der Waals surface area contributed by atoms with E-state index in [1.54, 1.807) is 0 Å². The van der Waals surface area contributed by atoms with E-state index in [2.05, 4.69) is 92.9 Å². The lowest BCUT2D eigenvalue weighted by Gasteiger charge is -2.24. The first-order chi connectivity index (χ1) is 30.5. The Morgan fingerprint density at radius 3 is 1.23 bits per heavy atom. The highest BCUT2D eigenvalue weighted by atomic mass is 16.5. The Labute approximate surface area is 383 Å². The molecule has 0 aromatic rings. The first kappa shape index (κ1) is 59.3. The minimum absolute atomic E-state index is 0.0465. The molecule has 6 heteroatoms. The van der Waals surface area contributed by atoms with Crippen molar-refractivity contribution in [2.24, 2.45) is 0 Å². The van der Waals surface area contributed by atoms with E-state index in [1.807, 2.05) is 6.08 Å². The van der Waals surface area contributed by atoms with E-state index < -0.39 is 18.2 Å². The van der Waals surface area contributed by atoms with Gasteiger partial charge in [-0.1, -0.05) is 241 Å². The fraction of sp³-hybridized carbons (Fsp3) is 0.750. The second-order valence-corrected chi connectivity index (χ2v) is 17.5. The summed E-state index contributed by atoms with van der Waals surface area (Å²) in [6.07, 6.45) is 62.6. The SMILES string of the molecule is CC/C=C\C/C=C\C/C=C\C/C=C\C/C=C\C/C=C\CCC(=O)OC(CCCCCCCCCCC)CC(=O)NC(CO)C(O)CCCCCCCCCCCCCCCCC. The normalized spacial score (nSPS) is 13.8. The van der Waals surface area contributed by atoms with Crippen LogP contribution in [-0.4, -0.2) is 46.9 Å². The van der Waals surface area contributed by atoms with Crippen LogP contribution < -0.4 is 5.32 Å². The van der Waals surface area contributed by atoms with Crippen LogP contribution in [0.3, 0.4) is 0 Å². The Hall–Kier alpha value is -2.70. The monoisotopic (exact) mass is 866 g/mol. The van der Waals surface area contributed by atoms with E-state index in [9.17, 15) is 19.8 Å². The largest absolute Gasteiger partial charge is 0.462 e. The highest BCUT2D eigenvalue weighted by Gasteiger charge is 2.24. The highest BCUT2D eigenvalue weighted by molar-refractivity contribution is 5.77. The fourth-order valence-corrected chi connectivity index (χ4v) is 7.63. The van der Waals surface area contributed by atoms with Crippen molar-refractivity contribution in [3.05, 3.63) is 72.9 Å². The maximum Gasteiger partial charge on any atom is 0.306 e. The summed E-state index contributed by atoms with van der Waals surface area (Å²) in [5.74, 6) is -0.574. The van der Waals surface area contributed by atoms with E-state index in [0.29, 0.717) is 19.3 Å². The summed E-state index contributed by atoms with van der Waals surface area (Å²) in [6, 6.07) is -0.716. The number of hydrogen-bond acceptors (Lipinski definition) is 5. The van der Waals surface area contributed by atoms with Crippen molar-refractivity contribution >= 4 is 11.9 Å². The number of allylic oxidation sites excluding steroid dienone is 12.